The summed E-state index contributed by atoms with van der Waals surface area (Å²) in [6.45, 7) is -0.727. The van der Waals surface area contributed by atoms with Gasteiger partial charge in [0.15, 0.2) is 11.6 Å². The van der Waals surface area contributed by atoms with Crippen LogP contribution < -0.4 is 4.74 Å². The van der Waals surface area contributed by atoms with Crippen LogP contribution in [0.25, 0.3) is 0 Å². The first-order valence-electron chi connectivity index (χ1n) is 5.46. The highest BCUT2D eigenvalue weighted by Gasteiger charge is 2.20. The first-order valence-corrected chi connectivity index (χ1v) is 6.00. The molecular formula is C12H13ClF3NO2. The molecule has 0 aromatic heterocycles. The van der Waals surface area contributed by atoms with E-state index >= 15 is 0 Å². The summed E-state index contributed by atoms with van der Waals surface area (Å²) in [5.41, 5.74) is 0.0732. The van der Waals surface area contributed by atoms with E-state index in [0.29, 0.717) is 0 Å². The van der Waals surface area contributed by atoms with E-state index in [-0.39, 0.29) is 23.7 Å². The summed E-state index contributed by atoms with van der Waals surface area (Å²) in [6.07, 6.45) is -2.66. The van der Waals surface area contributed by atoms with Crippen LogP contribution in [0.3, 0.4) is 0 Å². The number of methoxy groups -OCH3 is 1. The van der Waals surface area contributed by atoms with Gasteiger partial charge in [0.25, 0.3) is 12.3 Å². The number of nitrogens with zero attached hydrogens (tertiary/aromatic N) is 1. The number of amides is 1. The van der Waals surface area contributed by atoms with Crippen molar-refractivity contribution in [2.75, 3.05) is 26.1 Å². The summed E-state index contributed by atoms with van der Waals surface area (Å²) >= 11 is 5.47. The van der Waals surface area contributed by atoms with Crippen LogP contribution >= 0.6 is 11.6 Å². The Balaban J connectivity index is 2.95. The Morgan fingerprint density at radius 1 is 1.47 bits per heavy atom. The fourth-order valence-corrected chi connectivity index (χ4v) is 1.72. The van der Waals surface area contributed by atoms with Gasteiger partial charge in [-0.3, -0.25) is 4.79 Å². The van der Waals surface area contributed by atoms with Crippen molar-refractivity contribution in [1.82, 2.24) is 4.90 Å². The maximum atomic E-state index is 13.2. The predicted octanol–water partition coefficient (Wildman–Crippen LogP) is 2.78. The molecule has 0 atom stereocenters. The Bertz CT molecular complexity index is 443. The van der Waals surface area contributed by atoms with Crippen LogP contribution in [0, 0.1) is 5.82 Å². The molecule has 0 unspecified atom stereocenters. The lowest BCUT2D eigenvalue weighted by Gasteiger charge is -2.21. The molecule has 3 nitrogen and oxygen atoms in total. The van der Waals surface area contributed by atoms with Gasteiger partial charge in [-0.05, 0) is 18.2 Å². The van der Waals surface area contributed by atoms with E-state index in [1.807, 2.05) is 0 Å². The second kappa shape index (κ2) is 7.23. The Kier molecular flexibility index (Phi) is 5.95. The molecule has 7 heteroatoms. The van der Waals surface area contributed by atoms with Gasteiger partial charge in [-0.1, -0.05) is 0 Å². The summed E-state index contributed by atoms with van der Waals surface area (Å²) in [5.74, 6) is -1.35. The Hall–Kier alpha value is -1.43. The third-order valence-corrected chi connectivity index (χ3v) is 2.57. The zero-order chi connectivity index (χ0) is 14.4. The van der Waals surface area contributed by atoms with Crippen molar-refractivity contribution in [3.05, 3.63) is 29.6 Å². The number of halogens is 4. The lowest BCUT2D eigenvalue weighted by atomic mass is 10.2. The van der Waals surface area contributed by atoms with Crippen molar-refractivity contribution < 1.29 is 22.7 Å². The smallest absolute Gasteiger partial charge is 0.255 e. The van der Waals surface area contributed by atoms with Gasteiger partial charge in [0.2, 0.25) is 0 Å². The maximum absolute atomic E-state index is 13.2. The van der Waals surface area contributed by atoms with Crippen LogP contribution in [-0.2, 0) is 0 Å². The molecule has 0 fully saturated rings. The van der Waals surface area contributed by atoms with Crippen LogP contribution in [0.1, 0.15) is 10.4 Å². The van der Waals surface area contributed by atoms with E-state index in [9.17, 15) is 18.0 Å². The molecule has 1 aromatic rings. The topological polar surface area (TPSA) is 29.5 Å². The third-order valence-electron chi connectivity index (χ3n) is 2.40. The highest BCUT2D eigenvalue weighted by Crippen LogP contribution is 2.19. The van der Waals surface area contributed by atoms with E-state index < -0.39 is 24.7 Å². The summed E-state index contributed by atoms with van der Waals surface area (Å²) in [4.78, 5) is 12.9. The van der Waals surface area contributed by atoms with Crippen molar-refractivity contribution in [3.8, 4) is 5.75 Å². The summed E-state index contributed by atoms with van der Waals surface area (Å²) in [7, 11) is 1.25. The van der Waals surface area contributed by atoms with Gasteiger partial charge >= 0.3 is 0 Å². The molecular weight excluding hydrogens is 283 g/mol. The number of carbonyl (C=O) groups excluding carboxylic acids is 1. The van der Waals surface area contributed by atoms with Crippen LogP contribution in [0.5, 0.6) is 5.75 Å². The molecule has 19 heavy (non-hydrogen) atoms. The van der Waals surface area contributed by atoms with Gasteiger partial charge in [-0.2, -0.15) is 0 Å². The quantitative estimate of drug-likeness (QED) is 0.755. The third kappa shape index (κ3) is 4.31. The van der Waals surface area contributed by atoms with E-state index in [2.05, 4.69) is 0 Å². The second-order valence-electron chi connectivity index (χ2n) is 3.68. The lowest BCUT2D eigenvalue weighted by molar-refractivity contribution is 0.0570. The number of benzene rings is 1. The van der Waals surface area contributed by atoms with E-state index in [1.165, 1.54) is 19.2 Å². The minimum Gasteiger partial charge on any atom is -0.494 e. The van der Waals surface area contributed by atoms with Crippen molar-refractivity contribution in [2.24, 2.45) is 0 Å². The van der Waals surface area contributed by atoms with E-state index in [1.54, 1.807) is 0 Å². The van der Waals surface area contributed by atoms with Gasteiger partial charge < -0.3 is 9.64 Å². The molecule has 0 bridgehead atoms. The molecule has 0 radical (unpaired) electrons. The highest BCUT2D eigenvalue weighted by atomic mass is 35.5. The largest absolute Gasteiger partial charge is 0.494 e. The summed E-state index contributed by atoms with van der Waals surface area (Å²) in [6, 6.07) is 3.44. The molecule has 0 spiro atoms. The monoisotopic (exact) mass is 295 g/mol. The molecule has 0 aliphatic carbocycles. The van der Waals surface area contributed by atoms with Crippen molar-refractivity contribution in [2.45, 2.75) is 6.43 Å². The molecule has 0 heterocycles. The lowest BCUT2D eigenvalue weighted by Crippen LogP contribution is -2.36. The number of ether oxygens (including phenoxy) is 1. The van der Waals surface area contributed by atoms with Crippen molar-refractivity contribution in [3.63, 3.8) is 0 Å². The number of carbonyl (C=O) groups is 1. The normalized spacial score (nSPS) is 10.6. The zero-order valence-electron chi connectivity index (χ0n) is 10.2. The van der Waals surface area contributed by atoms with Crippen LogP contribution in [0.15, 0.2) is 18.2 Å². The minimum atomic E-state index is -2.66. The average Bonchev–Trinajstić information content (AvgIpc) is 2.37. The molecule has 0 aliphatic rings. The molecule has 0 aliphatic heterocycles. The summed E-state index contributed by atoms with van der Waals surface area (Å²) in [5, 5.41) is 0. The maximum Gasteiger partial charge on any atom is 0.255 e. The number of hydrogen-bond donors (Lipinski definition) is 0. The molecule has 106 valence electrons. The fourth-order valence-electron chi connectivity index (χ4n) is 1.52. The zero-order valence-corrected chi connectivity index (χ0v) is 11.0. The summed E-state index contributed by atoms with van der Waals surface area (Å²) < 4.78 is 42.7. The molecule has 0 N–H and O–H groups in total. The molecule has 1 aromatic carbocycles. The van der Waals surface area contributed by atoms with Crippen LogP contribution in [0.4, 0.5) is 13.2 Å². The predicted molar refractivity (Wildman–Crippen MR) is 65.6 cm³/mol. The standard InChI is InChI=1S/C12H13ClF3NO2/c1-19-10-6-8(2-3-9(10)14)12(18)17(5-4-13)7-11(15)16/h2-3,6,11H,4-5,7H2,1H3. The van der Waals surface area contributed by atoms with E-state index in [0.717, 1.165) is 11.0 Å². The first-order chi connectivity index (χ1) is 8.99. The average molecular weight is 296 g/mol. The SMILES string of the molecule is COc1cc(C(=O)N(CCCl)CC(F)F)ccc1F. The number of alkyl halides is 3. The van der Waals surface area contributed by atoms with Crippen LogP contribution in [-0.4, -0.2) is 43.3 Å². The Morgan fingerprint density at radius 2 is 2.16 bits per heavy atom. The van der Waals surface area contributed by atoms with Gasteiger partial charge in [0.1, 0.15) is 0 Å². The highest BCUT2D eigenvalue weighted by molar-refractivity contribution is 6.18. The Morgan fingerprint density at radius 3 is 2.68 bits per heavy atom. The molecule has 0 saturated carbocycles. The van der Waals surface area contributed by atoms with Crippen molar-refractivity contribution >= 4 is 17.5 Å². The molecule has 1 rings (SSSR count). The van der Waals surface area contributed by atoms with Gasteiger partial charge in [-0.25, -0.2) is 13.2 Å². The number of hydrogen-bond acceptors (Lipinski definition) is 2. The molecule has 0 saturated heterocycles. The van der Waals surface area contributed by atoms with Crippen LogP contribution in [0.2, 0.25) is 0 Å². The second-order valence-corrected chi connectivity index (χ2v) is 4.06. The van der Waals surface area contributed by atoms with Gasteiger partial charge in [0, 0.05) is 18.0 Å². The van der Waals surface area contributed by atoms with Gasteiger partial charge in [0.05, 0.1) is 13.7 Å². The minimum absolute atomic E-state index is 0.00950. The van der Waals surface area contributed by atoms with Crippen molar-refractivity contribution in [1.29, 1.82) is 0 Å². The number of rotatable bonds is 6. The molecule has 1 amide bonds. The first kappa shape index (κ1) is 15.6. The van der Waals surface area contributed by atoms with Gasteiger partial charge in [-0.15, -0.1) is 11.6 Å². The van der Waals surface area contributed by atoms with E-state index in [4.69, 9.17) is 16.3 Å². The Labute approximate surface area is 113 Å². The fraction of sp³-hybridized carbons (Fsp3) is 0.417.